The Kier molecular flexibility index (Phi) is 3.78. The standard InChI is InChI=1S/C12H14BrN5/c1-7-5-9(13)3-4-10(7)17-11-8(2)12(18-14)16-6-15-11/h3-6H,14H2,1-2H3,(H2,15,16,17,18). The third-order valence-corrected chi connectivity index (χ3v) is 3.16. The van der Waals surface area contributed by atoms with Gasteiger partial charge in [-0.2, -0.15) is 0 Å². The predicted octanol–water partition coefficient (Wildman–Crippen LogP) is 2.89. The number of hydrogen-bond donors (Lipinski definition) is 3. The largest absolute Gasteiger partial charge is 0.340 e. The molecule has 1 aromatic carbocycles. The van der Waals surface area contributed by atoms with Crippen molar-refractivity contribution in [1.29, 1.82) is 0 Å². The van der Waals surface area contributed by atoms with E-state index in [1.807, 2.05) is 32.0 Å². The summed E-state index contributed by atoms with van der Waals surface area (Å²) in [6, 6.07) is 6.02. The normalized spacial score (nSPS) is 10.2. The fourth-order valence-corrected chi connectivity index (χ4v) is 2.09. The first kappa shape index (κ1) is 12.8. The minimum Gasteiger partial charge on any atom is -0.340 e. The van der Waals surface area contributed by atoms with Crippen LogP contribution in [0.2, 0.25) is 0 Å². The van der Waals surface area contributed by atoms with Crippen molar-refractivity contribution in [2.24, 2.45) is 5.84 Å². The predicted molar refractivity (Wildman–Crippen MR) is 76.7 cm³/mol. The molecule has 0 aliphatic heterocycles. The van der Waals surface area contributed by atoms with Gasteiger partial charge in [0.1, 0.15) is 18.0 Å². The maximum atomic E-state index is 5.39. The minimum atomic E-state index is 0.613. The first-order chi connectivity index (χ1) is 8.61. The zero-order valence-electron chi connectivity index (χ0n) is 10.2. The molecule has 0 saturated heterocycles. The highest BCUT2D eigenvalue weighted by Crippen LogP contribution is 2.25. The monoisotopic (exact) mass is 307 g/mol. The summed E-state index contributed by atoms with van der Waals surface area (Å²) in [5, 5.41) is 3.27. The quantitative estimate of drug-likeness (QED) is 0.600. The van der Waals surface area contributed by atoms with Gasteiger partial charge in [0.2, 0.25) is 0 Å². The molecule has 0 unspecified atom stereocenters. The van der Waals surface area contributed by atoms with Crippen molar-refractivity contribution in [3.8, 4) is 0 Å². The van der Waals surface area contributed by atoms with E-state index in [1.165, 1.54) is 6.33 Å². The maximum absolute atomic E-state index is 5.39. The molecule has 0 aliphatic carbocycles. The van der Waals surface area contributed by atoms with Crippen molar-refractivity contribution in [3.63, 3.8) is 0 Å². The van der Waals surface area contributed by atoms with Crippen molar-refractivity contribution in [3.05, 3.63) is 40.1 Å². The molecule has 5 nitrogen and oxygen atoms in total. The van der Waals surface area contributed by atoms with Crippen molar-refractivity contribution < 1.29 is 0 Å². The number of halogens is 1. The second kappa shape index (κ2) is 5.32. The number of hydrogen-bond acceptors (Lipinski definition) is 5. The first-order valence-electron chi connectivity index (χ1n) is 5.43. The summed E-state index contributed by atoms with van der Waals surface area (Å²) >= 11 is 3.44. The lowest BCUT2D eigenvalue weighted by molar-refractivity contribution is 1.10. The number of aryl methyl sites for hydroxylation is 1. The van der Waals surface area contributed by atoms with E-state index in [0.717, 1.165) is 27.1 Å². The van der Waals surface area contributed by atoms with E-state index in [2.05, 4.69) is 36.6 Å². The molecule has 0 bridgehead atoms. The lowest BCUT2D eigenvalue weighted by Gasteiger charge is -2.12. The molecular formula is C12H14BrN5. The van der Waals surface area contributed by atoms with Crippen LogP contribution in [-0.2, 0) is 0 Å². The molecule has 0 aliphatic rings. The van der Waals surface area contributed by atoms with E-state index in [4.69, 9.17) is 5.84 Å². The number of aromatic nitrogens is 2. The van der Waals surface area contributed by atoms with Crippen LogP contribution in [0.1, 0.15) is 11.1 Å². The van der Waals surface area contributed by atoms with Gasteiger partial charge < -0.3 is 10.7 Å². The molecular weight excluding hydrogens is 294 g/mol. The Hall–Kier alpha value is -1.66. The van der Waals surface area contributed by atoms with E-state index in [0.29, 0.717) is 5.82 Å². The molecule has 0 amide bonds. The molecule has 1 heterocycles. The Bertz CT molecular complexity index is 570. The summed E-state index contributed by atoms with van der Waals surface area (Å²) < 4.78 is 1.05. The fourth-order valence-electron chi connectivity index (χ4n) is 1.62. The molecule has 0 fully saturated rings. The molecule has 0 saturated carbocycles. The molecule has 6 heteroatoms. The van der Waals surface area contributed by atoms with Gasteiger partial charge in [-0.3, -0.25) is 0 Å². The number of nitrogens with one attached hydrogen (secondary N) is 2. The summed E-state index contributed by atoms with van der Waals surface area (Å²) in [6.45, 7) is 3.94. The summed E-state index contributed by atoms with van der Waals surface area (Å²) in [5.74, 6) is 6.74. The van der Waals surface area contributed by atoms with Crippen molar-refractivity contribution in [2.45, 2.75) is 13.8 Å². The van der Waals surface area contributed by atoms with E-state index in [-0.39, 0.29) is 0 Å². The zero-order valence-corrected chi connectivity index (χ0v) is 11.7. The Morgan fingerprint density at radius 2 is 1.89 bits per heavy atom. The van der Waals surface area contributed by atoms with Gasteiger partial charge in [-0.1, -0.05) is 15.9 Å². The number of rotatable bonds is 3. The lowest BCUT2D eigenvalue weighted by Crippen LogP contribution is -2.11. The molecule has 0 radical (unpaired) electrons. The van der Waals surface area contributed by atoms with E-state index in [1.54, 1.807) is 0 Å². The average Bonchev–Trinajstić information content (AvgIpc) is 2.35. The van der Waals surface area contributed by atoms with Gasteiger partial charge in [0.25, 0.3) is 0 Å². The SMILES string of the molecule is Cc1cc(Br)ccc1Nc1ncnc(NN)c1C. The van der Waals surface area contributed by atoms with Crippen LogP contribution in [0.25, 0.3) is 0 Å². The van der Waals surface area contributed by atoms with Crippen LogP contribution in [0.5, 0.6) is 0 Å². The molecule has 1 aromatic heterocycles. The van der Waals surface area contributed by atoms with Crippen LogP contribution in [0, 0.1) is 13.8 Å². The van der Waals surface area contributed by atoms with Gasteiger partial charge in [0.15, 0.2) is 0 Å². The fraction of sp³-hybridized carbons (Fsp3) is 0.167. The minimum absolute atomic E-state index is 0.613. The van der Waals surface area contributed by atoms with Gasteiger partial charge in [-0.25, -0.2) is 15.8 Å². The van der Waals surface area contributed by atoms with Crippen LogP contribution in [0.4, 0.5) is 17.3 Å². The number of hydrazine groups is 1. The average molecular weight is 308 g/mol. The van der Waals surface area contributed by atoms with Gasteiger partial charge in [-0.15, -0.1) is 0 Å². The molecule has 2 aromatic rings. The van der Waals surface area contributed by atoms with Crippen LogP contribution in [0.3, 0.4) is 0 Å². The zero-order chi connectivity index (χ0) is 13.1. The molecule has 4 N–H and O–H groups in total. The molecule has 0 atom stereocenters. The summed E-state index contributed by atoms with van der Waals surface area (Å²) in [6.07, 6.45) is 1.47. The third kappa shape index (κ3) is 2.60. The highest BCUT2D eigenvalue weighted by molar-refractivity contribution is 9.10. The second-order valence-electron chi connectivity index (χ2n) is 3.92. The van der Waals surface area contributed by atoms with E-state index < -0.39 is 0 Å². The Morgan fingerprint density at radius 1 is 1.17 bits per heavy atom. The van der Waals surface area contributed by atoms with Crippen LogP contribution in [-0.4, -0.2) is 9.97 Å². The highest BCUT2D eigenvalue weighted by Gasteiger charge is 2.07. The van der Waals surface area contributed by atoms with Crippen LogP contribution < -0.4 is 16.6 Å². The molecule has 0 spiro atoms. The molecule has 94 valence electrons. The summed E-state index contributed by atoms with van der Waals surface area (Å²) in [7, 11) is 0. The van der Waals surface area contributed by atoms with Crippen LogP contribution >= 0.6 is 15.9 Å². The number of benzene rings is 1. The Balaban J connectivity index is 2.34. The number of nitrogens with two attached hydrogens (primary N) is 1. The van der Waals surface area contributed by atoms with Gasteiger partial charge >= 0.3 is 0 Å². The second-order valence-corrected chi connectivity index (χ2v) is 4.84. The van der Waals surface area contributed by atoms with E-state index >= 15 is 0 Å². The number of nitrogen functional groups attached to an aromatic ring is 1. The topological polar surface area (TPSA) is 75.9 Å². The van der Waals surface area contributed by atoms with Crippen molar-refractivity contribution in [2.75, 3.05) is 10.7 Å². The smallest absolute Gasteiger partial charge is 0.148 e. The number of anilines is 3. The Labute approximate surface area is 114 Å². The molecule has 18 heavy (non-hydrogen) atoms. The van der Waals surface area contributed by atoms with Gasteiger partial charge in [0.05, 0.1) is 0 Å². The lowest BCUT2D eigenvalue weighted by atomic mass is 10.2. The molecule has 2 rings (SSSR count). The van der Waals surface area contributed by atoms with Crippen molar-refractivity contribution >= 4 is 33.3 Å². The number of nitrogens with zero attached hydrogens (tertiary/aromatic N) is 2. The maximum Gasteiger partial charge on any atom is 0.148 e. The van der Waals surface area contributed by atoms with Crippen molar-refractivity contribution in [1.82, 2.24) is 9.97 Å². The third-order valence-electron chi connectivity index (χ3n) is 2.66. The van der Waals surface area contributed by atoms with Gasteiger partial charge in [-0.05, 0) is 37.6 Å². The summed E-state index contributed by atoms with van der Waals surface area (Å²) in [4.78, 5) is 8.26. The summed E-state index contributed by atoms with van der Waals surface area (Å²) in [5.41, 5.74) is 5.56. The first-order valence-corrected chi connectivity index (χ1v) is 6.22. The highest BCUT2D eigenvalue weighted by atomic mass is 79.9. The van der Waals surface area contributed by atoms with E-state index in [9.17, 15) is 0 Å². The van der Waals surface area contributed by atoms with Crippen LogP contribution in [0.15, 0.2) is 29.0 Å². The van der Waals surface area contributed by atoms with Gasteiger partial charge in [0, 0.05) is 15.7 Å². The Morgan fingerprint density at radius 3 is 2.56 bits per heavy atom.